The molecule has 21 heavy (non-hydrogen) atoms. The average Bonchev–Trinajstić information content (AvgIpc) is 3.03. The Bertz CT molecular complexity index is 741. The molecule has 0 amide bonds. The van der Waals surface area contributed by atoms with Gasteiger partial charge >= 0.3 is 0 Å². The van der Waals surface area contributed by atoms with Gasteiger partial charge in [-0.2, -0.15) is 9.78 Å². The molecule has 0 saturated heterocycles. The molecule has 0 aliphatic carbocycles. The van der Waals surface area contributed by atoms with Crippen LogP contribution in [0.4, 0.5) is 0 Å². The minimum Gasteiger partial charge on any atom is -0.272 e. The zero-order valence-corrected chi connectivity index (χ0v) is 12.5. The molecule has 0 unspecified atom stereocenters. The van der Waals surface area contributed by atoms with E-state index in [4.69, 9.17) is 0 Å². The Hall–Kier alpha value is -2.50. The van der Waals surface area contributed by atoms with Crippen molar-refractivity contribution < 1.29 is 0 Å². The van der Waals surface area contributed by atoms with Crippen molar-refractivity contribution in [2.45, 2.75) is 33.7 Å². The Morgan fingerprint density at radius 2 is 2.00 bits per heavy atom. The van der Waals surface area contributed by atoms with Gasteiger partial charge in [0.2, 0.25) is 0 Å². The summed E-state index contributed by atoms with van der Waals surface area (Å²) < 4.78 is 3.73. The van der Waals surface area contributed by atoms with Crippen LogP contribution in [0.25, 0.3) is 17.2 Å². The second kappa shape index (κ2) is 5.47. The SMILES string of the molecule is CCCn1cc(-c2nc(C)nn2-c2ccccn2)c(C)n1. The number of pyridine rings is 1. The zero-order valence-electron chi connectivity index (χ0n) is 12.5. The molecule has 3 heterocycles. The topological polar surface area (TPSA) is 61.4 Å². The van der Waals surface area contributed by atoms with Gasteiger partial charge in [0, 0.05) is 18.9 Å². The lowest BCUT2D eigenvalue weighted by atomic mass is 10.2. The number of aromatic nitrogens is 6. The molecule has 0 saturated carbocycles. The van der Waals surface area contributed by atoms with Gasteiger partial charge in [0.25, 0.3) is 0 Å². The third-order valence-corrected chi connectivity index (χ3v) is 3.22. The first kappa shape index (κ1) is 13.5. The summed E-state index contributed by atoms with van der Waals surface area (Å²) in [5, 5.41) is 9.00. The molecule has 6 heteroatoms. The minimum atomic E-state index is 0.721. The quantitative estimate of drug-likeness (QED) is 0.738. The van der Waals surface area contributed by atoms with Crippen LogP contribution in [-0.4, -0.2) is 29.5 Å². The zero-order chi connectivity index (χ0) is 14.8. The Morgan fingerprint density at radius 1 is 1.14 bits per heavy atom. The van der Waals surface area contributed by atoms with Crippen molar-refractivity contribution >= 4 is 0 Å². The summed E-state index contributed by atoms with van der Waals surface area (Å²) in [6.45, 7) is 6.91. The van der Waals surface area contributed by atoms with E-state index in [9.17, 15) is 0 Å². The summed E-state index contributed by atoms with van der Waals surface area (Å²) in [6.07, 6.45) is 4.83. The third kappa shape index (κ3) is 2.56. The number of hydrogen-bond acceptors (Lipinski definition) is 4. The van der Waals surface area contributed by atoms with Crippen LogP contribution in [0.5, 0.6) is 0 Å². The van der Waals surface area contributed by atoms with E-state index in [1.807, 2.05) is 42.9 Å². The van der Waals surface area contributed by atoms with E-state index in [2.05, 4.69) is 27.1 Å². The van der Waals surface area contributed by atoms with Gasteiger partial charge in [0.05, 0.1) is 11.3 Å². The molecular weight excluding hydrogens is 264 g/mol. The predicted molar refractivity (Wildman–Crippen MR) is 80.1 cm³/mol. The fraction of sp³-hybridized carbons (Fsp3) is 0.333. The molecule has 0 bridgehead atoms. The standard InChI is InChI=1S/C15H18N6/c1-4-9-20-10-13(11(2)18-20)15-17-12(3)19-21(15)14-7-5-6-8-16-14/h5-8,10H,4,9H2,1-3H3. The van der Waals surface area contributed by atoms with E-state index >= 15 is 0 Å². The van der Waals surface area contributed by atoms with E-state index in [1.54, 1.807) is 10.9 Å². The van der Waals surface area contributed by atoms with Crippen molar-refractivity contribution in [2.75, 3.05) is 0 Å². The van der Waals surface area contributed by atoms with Crippen molar-refractivity contribution in [3.8, 4) is 17.2 Å². The molecule has 0 fully saturated rings. The number of aryl methyl sites for hydroxylation is 3. The van der Waals surface area contributed by atoms with Crippen molar-refractivity contribution in [3.63, 3.8) is 0 Å². The highest BCUT2D eigenvalue weighted by atomic mass is 15.4. The molecule has 0 spiro atoms. The van der Waals surface area contributed by atoms with Gasteiger partial charge < -0.3 is 0 Å². The van der Waals surface area contributed by atoms with E-state index in [1.165, 1.54) is 0 Å². The first-order valence-electron chi connectivity index (χ1n) is 7.08. The van der Waals surface area contributed by atoms with Gasteiger partial charge in [0.1, 0.15) is 5.82 Å². The molecule has 0 aromatic carbocycles. The Balaban J connectivity index is 2.11. The van der Waals surface area contributed by atoms with Crippen LogP contribution >= 0.6 is 0 Å². The molecule has 0 atom stereocenters. The summed E-state index contributed by atoms with van der Waals surface area (Å²) >= 11 is 0. The second-order valence-electron chi connectivity index (χ2n) is 4.97. The summed E-state index contributed by atoms with van der Waals surface area (Å²) in [5.74, 6) is 2.26. The first-order chi connectivity index (χ1) is 10.2. The van der Waals surface area contributed by atoms with Crippen LogP contribution in [0, 0.1) is 13.8 Å². The highest BCUT2D eigenvalue weighted by Gasteiger charge is 2.17. The molecule has 0 aliphatic rings. The maximum absolute atomic E-state index is 4.55. The van der Waals surface area contributed by atoms with Crippen molar-refractivity contribution in [1.29, 1.82) is 0 Å². The molecular formula is C15H18N6. The van der Waals surface area contributed by atoms with Gasteiger partial charge in [-0.15, -0.1) is 5.10 Å². The summed E-state index contributed by atoms with van der Waals surface area (Å²) in [7, 11) is 0. The Morgan fingerprint density at radius 3 is 2.71 bits per heavy atom. The van der Waals surface area contributed by atoms with Gasteiger partial charge in [-0.25, -0.2) is 9.97 Å². The highest BCUT2D eigenvalue weighted by Crippen LogP contribution is 2.23. The van der Waals surface area contributed by atoms with Gasteiger partial charge in [-0.05, 0) is 32.4 Å². The lowest BCUT2D eigenvalue weighted by molar-refractivity contribution is 0.598. The fourth-order valence-corrected chi connectivity index (χ4v) is 2.31. The molecule has 6 nitrogen and oxygen atoms in total. The number of nitrogens with zero attached hydrogens (tertiary/aromatic N) is 6. The number of rotatable bonds is 4. The van der Waals surface area contributed by atoms with E-state index in [0.717, 1.165) is 41.7 Å². The van der Waals surface area contributed by atoms with Gasteiger partial charge in [-0.1, -0.05) is 13.0 Å². The Kier molecular flexibility index (Phi) is 3.51. The lowest BCUT2D eigenvalue weighted by Gasteiger charge is -2.03. The van der Waals surface area contributed by atoms with Crippen LogP contribution in [0.15, 0.2) is 30.6 Å². The maximum Gasteiger partial charge on any atom is 0.168 e. The molecule has 108 valence electrons. The van der Waals surface area contributed by atoms with E-state index in [-0.39, 0.29) is 0 Å². The second-order valence-corrected chi connectivity index (χ2v) is 4.97. The van der Waals surface area contributed by atoms with Crippen molar-refractivity contribution in [3.05, 3.63) is 42.1 Å². The summed E-state index contributed by atoms with van der Waals surface area (Å²) in [6, 6.07) is 5.75. The van der Waals surface area contributed by atoms with Crippen LogP contribution in [0.2, 0.25) is 0 Å². The van der Waals surface area contributed by atoms with Gasteiger partial charge in [-0.3, -0.25) is 4.68 Å². The molecule has 3 aromatic heterocycles. The van der Waals surface area contributed by atoms with Crippen LogP contribution < -0.4 is 0 Å². The molecule has 0 N–H and O–H groups in total. The van der Waals surface area contributed by atoms with Crippen molar-refractivity contribution in [2.24, 2.45) is 0 Å². The average molecular weight is 282 g/mol. The molecule has 3 aromatic rings. The highest BCUT2D eigenvalue weighted by molar-refractivity contribution is 5.59. The van der Waals surface area contributed by atoms with Crippen LogP contribution in [-0.2, 0) is 6.54 Å². The minimum absolute atomic E-state index is 0.721. The summed E-state index contributed by atoms with van der Waals surface area (Å²) in [4.78, 5) is 8.90. The smallest absolute Gasteiger partial charge is 0.168 e. The van der Waals surface area contributed by atoms with E-state index < -0.39 is 0 Å². The van der Waals surface area contributed by atoms with Crippen molar-refractivity contribution in [1.82, 2.24) is 29.5 Å². The van der Waals surface area contributed by atoms with Crippen LogP contribution in [0.3, 0.4) is 0 Å². The van der Waals surface area contributed by atoms with E-state index in [0.29, 0.717) is 0 Å². The monoisotopic (exact) mass is 282 g/mol. The molecule has 0 radical (unpaired) electrons. The first-order valence-corrected chi connectivity index (χ1v) is 7.08. The van der Waals surface area contributed by atoms with Crippen LogP contribution in [0.1, 0.15) is 24.9 Å². The third-order valence-electron chi connectivity index (χ3n) is 3.22. The summed E-state index contributed by atoms with van der Waals surface area (Å²) in [5.41, 5.74) is 1.95. The Labute approximate surface area is 123 Å². The fourth-order valence-electron chi connectivity index (χ4n) is 2.31. The predicted octanol–water partition coefficient (Wildman–Crippen LogP) is 2.55. The normalized spacial score (nSPS) is 11.0. The number of hydrogen-bond donors (Lipinski definition) is 0. The molecule has 3 rings (SSSR count). The largest absolute Gasteiger partial charge is 0.272 e. The lowest BCUT2D eigenvalue weighted by Crippen LogP contribution is -2.02. The molecule has 0 aliphatic heterocycles. The van der Waals surface area contributed by atoms with Gasteiger partial charge in [0.15, 0.2) is 11.6 Å². The maximum atomic E-state index is 4.55.